The number of carbonyl (C=O) groups excluding carboxylic acids is 2. The Morgan fingerprint density at radius 3 is 2.17 bits per heavy atom. The number of nitrogens with two attached hydrogens (primary N) is 1. The van der Waals surface area contributed by atoms with Gasteiger partial charge in [-0.05, 0) is 50.2 Å². The molecule has 1 amide bonds. The number of rotatable bonds is 6. The third kappa shape index (κ3) is 4.34. The van der Waals surface area contributed by atoms with Gasteiger partial charge in [-0.2, -0.15) is 5.26 Å². The molecule has 0 bridgehead atoms. The summed E-state index contributed by atoms with van der Waals surface area (Å²) in [5.41, 5.74) is 5.87. The van der Waals surface area contributed by atoms with Gasteiger partial charge in [-0.1, -0.05) is 0 Å². The van der Waals surface area contributed by atoms with Crippen molar-refractivity contribution in [2.75, 3.05) is 0 Å². The molecule has 0 radical (unpaired) electrons. The number of ketones is 1. The van der Waals surface area contributed by atoms with Gasteiger partial charge in [0.15, 0.2) is 0 Å². The largest absolute Gasteiger partial charge is 0.491 e. The van der Waals surface area contributed by atoms with Crippen molar-refractivity contribution in [2.24, 2.45) is 5.73 Å². The number of amides is 1. The summed E-state index contributed by atoms with van der Waals surface area (Å²) in [4.78, 5) is 22.7. The van der Waals surface area contributed by atoms with Crippen molar-refractivity contribution in [1.29, 1.82) is 5.26 Å². The van der Waals surface area contributed by atoms with Crippen LogP contribution >= 0.6 is 0 Å². The van der Waals surface area contributed by atoms with Crippen LogP contribution in [0.25, 0.3) is 0 Å². The molecule has 0 atom stereocenters. The monoisotopic (exact) mass is 324 g/mol. The lowest BCUT2D eigenvalue weighted by Crippen LogP contribution is -2.12. The fourth-order valence-corrected chi connectivity index (χ4v) is 1.99. The third-order valence-corrected chi connectivity index (χ3v) is 2.99. The number of nitrogens with zero attached hydrogens (tertiary/aromatic N) is 1. The molecule has 0 aliphatic carbocycles. The van der Waals surface area contributed by atoms with E-state index in [1.807, 2.05) is 13.8 Å². The van der Waals surface area contributed by atoms with E-state index in [2.05, 4.69) is 0 Å². The van der Waals surface area contributed by atoms with E-state index in [-0.39, 0.29) is 17.2 Å². The summed E-state index contributed by atoms with van der Waals surface area (Å²) in [6.07, 6.45) is -0.0720. The van der Waals surface area contributed by atoms with Gasteiger partial charge < -0.3 is 15.2 Å². The average molecular weight is 324 g/mol. The summed E-state index contributed by atoms with van der Waals surface area (Å²) in [5.74, 6) is 0.0735. The number of ether oxygens (including phenoxy) is 2. The van der Waals surface area contributed by atoms with Crippen LogP contribution < -0.4 is 15.2 Å². The quantitative estimate of drug-likeness (QED) is 0.650. The molecule has 122 valence electrons. The van der Waals surface area contributed by atoms with Crippen LogP contribution in [-0.4, -0.2) is 17.8 Å². The number of hydrogen-bond donors (Lipinski definition) is 1. The number of benzene rings is 2. The van der Waals surface area contributed by atoms with E-state index in [1.54, 1.807) is 30.3 Å². The third-order valence-electron chi connectivity index (χ3n) is 2.99. The van der Waals surface area contributed by atoms with E-state index in [0.717, 1.165) is 0 Å². The first-order valence-electron chi connectivity index (χ1n) is 7.23. The number of Topliss-reactive ketones (excluding diaryl/α,β-unsaturated/α-hetero) is 1. The fraction of sp³-hybridized carbons (Fsp3) is 0.167. The SMILES string of the molecule is CC(C)Oc1cc(Oc2ccc(C(=O)C#N)cc2)cc(C(N)=O)c1. The van der Waals surface area contributed by atoms with E-state index in [1.165, 1.54) is 18.2 Å². The van der Waals surface area contributed by atoms with Gasteiger partial charge in [-0.15, -0.1) is 0 Å². The second-order valence-electron chi connectivity index (χ2n) is 5.29. The Morgan fingerprint density at radius 1 is 1.00 bits per heavy atom. The lowest BCUT2D eigenvalue weighted by Gasteiger charge is -2.13. The minimum absolute atomic E-state index is 0.0720. The van der Waals surface area contributed by atoms with Gasteiger partial charge in [0, 0.05) is 17.2 Å². The summed E-state index contributed by atoms with van der Waals surface area (Å²) in [6.45, 7) is 3.73. The van der Waals surface area contributed by atoms with Gasteiger partial charge in [0.25, 0.3) is 5.78 Å². The molecule has 24 heavy (non-hydrogen) atoms. The van der Waals surface area contributed by atoms with Gasteiger partial charge in [0.05, 0.1) is 6.10 Å². The first kappa shape index (κ1) is 17.0. The van der Waals surface area contributed by atoms with E-state index in [4.69, 9.17) is 20.5 Å². The molecule has 2 aromatic carbocycles. The molecule has 0 saturated heterocycles. The number of primary amides is 1. The van der Waals surface area contributed by atoms with Crippen molar-refractivity contribution in [3.05, 3.63) is 53.6 Å². The lowest BCUT2D eigenvalue weighted by atomic mass is 10.1. The molecular weight excluding hydrogens is 308 g/mol. The summed E-state index contributed by atoms with van der Waals surface area (Å²) in [7, 11) is 0. The molecule has 6 heteroatoms. The van der Waals surface area contributed by atoms with E-state index < -0.39 is 11.7 Å². The Hall–Kier alpha value is -3.33. The summed E-state index contributed by atoms with van der Waals surface area (Å²) >= 11 is 0. The molecule has 0 heterocycles. The van der Waals surface area contributed by atoms with Gasteiger partial charge in [-0.3, -0.25) is 9.59 Å². The van der Waals surface area contributed by atoms with Crippen LogP contribution in [0.15, 0.2) is 42.5 Å². The smallest absolute Gasteiger partial charge is 0.262 e. The maximum Gasteiger partial charge on any atom is 0.262 e. The first-order chi connectivity index (χ1) is 11.4. The maximum atomic E-state index is 11.4. The molecule has 6 nitrogen and oxygen atoms in total. The zero-order valence-corrected chi connectivity index (χ0v) is 13.3. The van der Waals surface area contributed by atoms with Gasteiger partial charge in [0.1, 0.15) is 23.3 Å². The molecule has 2 N–H and O–H groups in total. The lowest BCUT2D eigenvalue weighted by molar-refractivity contribution is 0.0998. The molecular formula is C18H16N2O4. The van der Waals surface area contributed by atoms with Gasteiger partial charge >= 0.3 is 0 Å². The molecule has 0 spiro atoms. The van der Waals surface area contributed by atoms with Crippen LogP contribution in [0, 0.1) is 11.3 Å². The summed E-state index contributed by atoms with van der Waals surface area (Å²) in [5, 5.41) is 8.59. The number of hydrogen-bond acceptors (Lipinski definition) is 5. The highest BCUT2D eigenvalue weighted by Gasteiger charge is 2.10. The summed E-state index contributed by atoms with van der Waals surface area (Å²) in [6, 6.07) is 12.3. The van der Waals surface area contributed by atoms with Crippen LogP contribution in [0.3, 0.4) is 0 Å². The van der Waals surface area contributed by atoms with Crippen molar-refractivity contribution in [3.63, 3.8) is 0 Å². The van der Waals surface area contributed by atoms with Crippen molar-refractivity contribution in [1.82, 2.24) is 0 Å². The Morgan fingerprint density at radius 2 is 1.62 bits per heavy atom. The topological polar surface area (TPSA) is 102 Å². The fourth-order valence-electron chi connectivity index (χ4n) is 1.99. The Bertz CT molecular complexity index is 805. The van der Waals surface area contributed by atoms with E-state index in [0.29, 0.717) is 17.2 Å². The molecule has 2 aromatic rings. The number of carbonyl (C=O) groups is 2. The van der Waals surface area contributed by atoms with Crippen molar-refractivity contribution in [3.8, 4) is 23.3 Å². The molecule has 0 aromatic heterocycles. The summed E-state index contributed by atoms with van der Waals surface area (Å²) < 4.78 is 11.3. The van der Waals surface area contributed by atoms with Crippen LogP contribution in [0.1, 0.15) is 34.6 Å². The highest BCUT2D eigenvalue weighted by Crippen LogP contribution is 2.28. The minimum atomic E-state index is -0.620. The molecule has 2 rings (SSSR count). The zero-order valence-electron chi connectivity index (χ0n) is 13.3. The highest BCUT2D eigenvalue weighted by molar-refractivity contribution is 6.07. The molecule has 0 aliphatic rings. The zero-order chi connectivity index (χ0) is 17.7. The number of nitriles is 1. The van der Waals surface area contributed by atoms with Crippen molar-refractivity contribution >= 4 is 11.7 Å². The highest BCUT2D eigenvalue weighted by atomic mass is 16.5. The standard InChI is InChI=1S/C18H16N2O4/c1-11(2)23-15-7-13(18(20)22)8-16(9-15)24-14-5-3-12(4-6-14)17(21)10-19/h3-9,11H,1-2H3,(H2,20,22). The average Bonchev–Trinajstić information content (AvgIpc) is 2.54. The van der Waals surface area contributed by atoms with Crippen LogP contribution in [0.4, 0.5) is 0 Å². The first-order valence-corrected chi connectivity index (χ1v) is 7.23. The Kier molecular flexibility index (Phi) is 5.17. The van der Waals surface area contributed by atoms with Crippen LogP contribution in [-0.2, 0) is 0 Å². The molecule has 0 saturated carbocycles. The predicted octanol–water partition coefficient (Wildman–Crippen LogP) is 3.07. The van der Waals surface area contributed by atoms with Crippen molar-refractivity contribution in [2.45, 2.75) is 20.0 Å². The molecule has 0 fully saturated rings. The Balaban J connectivity index is 2.28. The second-order valence-corrected chi connectivity index (χ2v) is 5.29. The van der Waals surface area contributed by atoms with E-state index >= 15 is 0 Å². The van der Waals surface area contributed by atoms with E-state index in [9.17, 15) is 9.59 Å². The van der Waals surface area contributed by atoms with Crippen molar-refractivity contribution < 1.29 is 19.1 Å². The van der Waals surface area contributed by atoms with Gasteiger partial charge in [0.2, 0.25) is 5.91 Å². The maximum absolute atomic E-state index is 11.4. The predicted molar refractivity (Wildman–Crippen MR) is 87.2 cm³/mol. The molecule has 0 unspecified atom stereocenters. The normalized spacial score (nSPS) is 10.1. The van der Waals surface area contributed by atoms with Crippen LogP contribution in [0.2, 0.25) is 0 Å². The molecule has 0 aliphatic heterocycles. The van der Waals surface area contributed by atoms with Crippen LogP contribution in [0.5, 0.6) is 17.2 Å². The Labute approximate surface area is 139 Å². The minimum Gasteiger partial charge on any atom is -0.491 e. The second kappa shape index (κ2) is 7.29. The van der Waals surface area contributed by atoms with Gasteiger partial charge in [-0.25, -0.2) is 0 Å².